The van der Waals surface area contributed by atoms with Crippen molar-refractivity contribution in [3.8, 4) is 5.75 Å². The molecule has 1 amide bonds. The molecule has 0 N–H and O–H groups in total. The molecule has 184 valence electrons. The number of thioether (sulfide) groups is 1. The van der Waals surface area contributed by atoms with Crippen LogP contribution in [0.5, 0.6) is 5.75 Å². The third-order valence-electron chi connectivity index (χ3n) is 5.29. The fourth-order valence-electron chi connectivity index (χ4n) is 3.57. The highest BCUT2D eigenvalue weighted by Gasteiger charge is 2.35. The summed E-state index contributed by atoms with van der Waals surface area (Å²) in [5.74, 6) is -0.171. The van der Waals surface area contributed by atoms with Crippen molar-refractivity contribution in [2.24, 2.45) is 4.99 Å². The van der Waals surface area contributed by atoms with Crippen LogP contribution in [0.4, 0.5) is 11.4 Å². The van der Waals surface area contributed by atoms with Crippen molar-refractivity contribution >= 4 is 66.3 Å². The van der Waals surface area contributed by atoms with Crippen molar-refractivity contribution in [2.75, 3.05) is 4.90 Å². The summed E-state index contributed by atoms with van der Waals surface area (Å²) in [4.78, 5) is 20.3. The minimum absolute atomic E-state index is 0.0374. The molecule has 4 aromatic carbocycles. The highest BCUT2D eigenvalue weighted by atomic mass is 79.9. The number of nitrogens with zero attached hydrogens (tertiary/aromatic N) is 2. The molecule has 9 heteroatoms. The van der Waals surface area contributed by atoms with Crippen molar-refractivity contribution in [1.82, 2.24) is 0 Å². The van der Waals surface area contributed by atoms with Gasteiger partial charge >= 0.3 is 10.1 Å². The summed E-state index contributed by atoms with van der Waals surface area (Å²) in [6, 6.07) is 31.5. The quantitative estimate of drug-likeness (QED) is 0.178. The number of hydrogen-bond acceptors (Lipinski definition) is 6. The largest absolute Gasteiger partial charge is 0.378 e. The molecule has 0 unspecified atom stereocenters. The summed E-state index contributed by atoms with van der Waals surface area (Å²) in [5.41, 5.74) is 1.81. The molecule has 5 rings (SSSR count). The summed E-state index contributed by atoms with van der Waals surface area (Å²) >= 11 is 4.64. The number of carbonyl (C=O) groups excluding carboxylic acids is 1. The third kappa shape index (κ3) is 5.69. The lowest BCUT2D eigenvalue weighted by molar-refractivity contribution is -0.113. The number of amidine groups is 1. The normalized spacial score (nSPS) is 15.9. The number of anilines is 1. The molecule has 1 fully saturated rings. The van der Waals surface area contributed by atoms with Gasteiger partial charge in [0.25, 0.3) is 5.91 Å². The molecule has 4 aromatic rings. The van der Waals surface area contributed by atoms with Gasteiger partial charge in [-0.3, -0.25) is 9.69 Å². The van der Waals surface area contributed by atoms with E-state index in [1.807, 2.05) is 60.7 Å². The van der Waals surface area contributed by atoms with Gasteiger partial charge < -0.3 is 4.18 Å². The van der Waals surface area contributed by atoms with E-state index in [0.29, 0.717) is 31.5 Å². The zero-order valence-corrected chi connectivity index (χ0v) is 22.4. The van der Waals surface area contributed by atoms with Crippen LogP contribution in [0.2, 0.25) is 0 Å². The van der Waals surface area contributed by atoms with Gasteiger partial charge in [0, 0.05) is 10.0 Å². The SMILES string of the molecule is O=C1/C(=C\c2cc(Br)ccc2OS(=O)(=O)c2ccccc2)SC(=Nc2ccccc2)N1c1ccccc1. The van der Waals surface area contributed by atoms with Crippen LogP contribution in [0.1, 0.15) is 5.56 Å². The Morgan fingerprint density at radius 2 is 1.46 bits per heavy atom. The van der Waals surface area contributed by atoms with E-state index in [-0.39, 0.29) is 16.6 Å². The molecule has 0 radical (unpaired) electrons. The van der Waals surface area contributed by atoms with Crippen LogP contribution in [-0.4, -0.2) is 19.5 Å². The molecule has 1 aliphatic heterocycles. The molecule has 6 nitrogen and oxygen atoms in total. The number of aliphatic imine (C=N–C) groups is 1. The Labute approximate surface area is 227 Å². The van der Waals surface area contributed by atoms with Gasteiger partial charge in [0.05, 0.1) is 16.3 Å². The van der Waals surface area contributed by atoms with E-state index in [2.05, 4.69) is 15.9 Å². The minimum atomic E-state index is -4.07. The average molecular weight is 592 g/mol. The number of halogens is 1. The predicted octanol–water partition coefficient (Wildman–Crippen LogP) is 7.03. The van der Waals surface area contributed by atoms with Gasteiger partial charge in [-0.25, -0.2) is 4.99 Å². The van der Waals surface area contributed by atoms with Gasteiger partial charge in [-0.05, 0) is 72.4 Å². The molecule has 37 heavy (non-hydrogen) atoms. The second-order valence-corrected chi connectivity index (χ2v) is 11.3. The number of rotatable bonds is 6. The second-order valence-electron chi connectivity index (χ2n) is 7.85. The molecule has 0 spiro atoms. The highest BCUT2D eigenvalue weighted by molar-refractivity contribution is 9.10. The van der Waals surface area contributed by atoms with Crippen molar-refractivity contribution in [1.29, 1.82) is 0 Å². The monoisotopic (exact) mass is 590 g/mol. The maximum Gasteiger partial charge on any atom is 0.339 e. The zero-order valence-electron chi connectivity index (χ0n) is 19.2. The van der Waals surface area contributed by atoms with Crippen LogP contribution >= 0.6 is 27.7 Å². The number of para-hydroxylation sites is 2. The molecule has 0 bridgehead atoms. The Morgan fingerprint density at radius 1 is 0.838 bits per heavy atom. The lowest BCUT2D eigenvalue weighted by Crippen LogP contribution is -2.28. The summed E-state index contributed by atoms with van der Waals surface area (Å²) in [6.07, 6.45) is 1.62. The van der Waals surface area contributed by atoms with Crippen LogP contribution < -0.4 is 9.08 Å². The van der Waals surface area contributed by atoms with Crippen molar-refractivity contribution < 1.29 is 17.4 Å². The molecule has 0 aromatic heterocycles. The van der Waals surface area contributed by atoms with Crippen LogP contribution in [-0.2, 0) is 14.9 Å². The predicted molar refractivity (Wildman–Crippen MR) is 151 cm³/mol. The van der Waals surface area contributed by atoms with Crippen molar-refractivity contribution in [2.45, 2.75) is 4.90 Å². The number of amides is 1. The van der Waals surface area contributed by atoms with E-state index in [0.717, 1.165) is 0 Å². The van der Waals surface area contributed by atoms with Gasteiger partial charge in [0.2, 0.25) is 0 Å². The summed E-state index contributed by atoms with van der Waals surface area (Å²) in [5, 5.41) is 0.489. The molecular formula is C28H19BrN2O4S2. The van der Waals surface area contributed by atoms with E-state index < -0.39 is 10.1 Å². The molecule has 0 atom stereocenters. The van der Waals surface area contributed by atoms with E-state index >= 15 is 0 Å². The molecule has 1 aliphatic rings. The Hall–Kier alpha value is -3.66. The summed E-state index contributed by atoms with van der Waals surface area (Å²) in [6.45, 7) is 0. The standard InChI is InChI=1S/C28H19BrN2O4S2/c29-21-16-17-25(35-37(33,34)24-14-8-3-9-15-24)20(18-21)19-26-27(32)31(23-12-6-2-7-13-23)28(36-26)30-22-10-4-1-5-11-22/h1-19H/b26-19+,30-28?. The lowest BCUT2D eigenvalue weighted by atomic mass is 10.2. The third-order valence-corrected chi connectivity index (χ3v) is 8.00. The highest BCUT2D eigenvalue weighted by Crippen LogP contribution is 2.39. The first-order valence-electron chi connectivity index (χ1n) is 11.1. The van der Waals surface area contributed by atoms with Crippen LogP contribution in [0.3, 0.4) is 0 Å². The molecular weight excluding hydrogens is 572 g/mol. The van der Waals surface area contributed by atoms with Gasteiger partial charge in [0.1, 0.15) is 10.6 Å². The maximum atomic E-state index is 13.6. The lowest BCUT2D eigenvalue weighted by Gasteiger charge is -2.15. The van der Waals surface area contributed by atoms with Crippen LogP contribution in [0.25, 0.3) is 6.08 Å². The van der Waals surface area contributed by atoms with Gasteiger partial charge in [-0.1, -0.05) is 70.5 Å². The van der Waals surface area contributed by atoms with Crippen molar-refractivity contribution in [3.05, 3.63) is 124 Å². The summed E-state index contributed by atoms with van der Waals surface area (Å²) < 4.78 is 32.0. The number of benzene rings is 4. The number of carbonyl (C=O) groups is 1. The molecule has 1 heterocycles. The summed E-state index contributed by atoms with van der Waals surface area (Å²) in [7, 11) is -4.07. The Balaban J connectivity index is 1.55. The fourth-order valence-corrected chi connectivity index (χ4v) is 5.91. The smallest absolute Gasteiger partial charge is 0.339 e. The zero-order chi connectivity index (χ0) is 25.8. The van der Waals surface area contributed by atoms with Crippen LogP contribution in [0.15, 0.2) is 128 Å². The number of hydrogen-bond donors (Lipinski definition) is 0. The molecule has 0 saturated carbocycles. The van der Waals surface area contributed by atoms with E-state index in [1.54, 1.807) is 47.4 Å². The Bertz CT molecular complexity index is 1610. The first kappa shape index (κ1) is 25.0. The van der Waals surface area contributed by atoms with E-state index in [1.165, 1.54) is 23.9 Å². The van der Waals surface area contributed by atoms with Crippen molar-refractivity contribution in [3.63, 3.8) is 0 Å². The van der Waals surface area contributed by atoms with Crippen LogP contribution in [0, 0.1) is 0 Å². The van der Waals surface area contributed by atoms with Gasteiger partial charge in [-0.15, -0.1) is 0 Å². The maximum absolute atomic E-state index is 13.6. The topological polar surface area (TPSA) is 76.0 Å². The fraction of sp³-hybridized carbons (Fsp3) is 0. The average Bonchev–Trinajstić information content (AvgIpc) is 3.21. The second kappa shape index (κ2) is 10.8. The minimum Gasteiger partial charge on any atom is -0.378 e. The van der Waals surface area contributed by atoms with Gasteiger partial charge in [0.15, 0.2) is 5.17 Å². The Kier molecular flexibility index (Phi) is 7.27. The first-order chi connectivity index (χ1) is 17.9. The van der Waals surface area contributed by atoms with Gasteiger partial charge in [-0.2, -0.15) is 8.42 Å². The molecule has 0 aliphatic carbocycles. The first-order valence-corrected chi connectivity index (χ1v) is 14.1. The van der Waals surface area contributed by atoms with E-state index in [9.17, 15) is 13.2 Å². The molecule has 1 saturated heterocycles. The van der Waals surface area contributed by atoms with E-state index in [4.69, 9.17) is 9.18 Å². The Morgan fingerprint density at radius 3 is 2.14 bits per heavy atom.